The third-order valence-electron chi connectivity index (χ3n) is 14.2. The zero-order chi connectivity index (χ0) is 33.7. The lowest BCUT2D eigenvalue weighted by Crippen LogP contribution is -2.51. The van der Waals surface area contributed by atoms with Crippen LogP contribution in [0.4, 0.5) is 0 Å². The molecule has 4 aliphatic carbocycles. The van der Waals surface area contributed by atoms with Gasteiger partial charge in [-0.05, 0) is 123 Å². The second-order valence-electron chi connectivity index (χ2n) is 18.0. The Morgan fingerprint density at radius 1 is 0.809 bits per heavy atom. The van der Waals surface area contributed by atoms with Gasteiger partial charge in [0.05, 0.1) is 0 Å². The highest BCUT2D eigenvalue weighted by molar-refractivity contribution is 5.69. The summed E-state index contributed by atoms with van der Waals surface area (Å²) < 4.78 is 6.12. The Bertz CT molecular complexity index is 976. The van der Waals surface area contributed by atoms with Gasteiger partial charge in [-0.25, -0.2) is 0 Å². The predicted octanol–water partition coefficient (Wildman–Crippen LogP) is 14.0. The lowest BCUT2D eigenvalue weighted by molar-refractivity contribution is -0.151. The van der Waals surface area contributed by atoms with Crippen LogP contribution in [-0.4, -0.2) is 12.1 Å². The number of ether oxygens (including phenoxy) is 1. The molecular weight excluding hydrogens is 573 g/mol. The van der Waals surface area contributed by atoms with E-state index >= 15 is 0 Å². The number of hydrogen-bond donors (Lipinski definition) is 0. The summed E-state index contributed by atoms with van der Waals surface area (Å²) in [7, 11) is 0. The number of allylic oxidation sites excluding steroid dienone is 3. The van der Waals surface area contributed by atoms with E-state index in [1.165, 1.54) is 128 Å². The van der Waals surface area contributed by atoms with E-state index in [1.807, 2.05) is 0 Å². The summed E-state index contributed by atoms with van der Waals surface area (Å²) in [6.07, 6.45) is 39.5. The molecule has 8 atom stereocenters. The third-order valence-corrected chi connectivity index (χ3v) is 14.2. The normalized spacial score (nSPS) is 32.6. The van der Waals surface area contributed by atoms with Gasteiger partial charge in [-0.1, -0.05) is 136 Å². The van der Waals surface area contributed by atoms with Crippen LogP contribution in [0.15, 0.2) is 23.8 Å². The first-order valence-electron chi connectivity index (χ1n) is 21.2. The van der Waals surface area contributed by atoms with Gasteiger partial charge in [-0.3, -0.25) is 4.79 Å². The van der Waals surface area contributed by atoms with E-state index in [1.54, 1.807) is 5.57 Å². The van der Waals surface area contributed by atoms with Crippen LogP contribution in [0.1, 0.15) is 202 Å². The SMILES string of the molecule is CCCCCCCCC=CCCCCCCCC(=O)O[13CH]1CC[C@@]2(C)C(=CCC3C2CC[C@@]2(C)C3CC[C@@H]2[C@H](C)CCCC(C)C)C1. The van der Waals surface area contributed by atoms with Gasteiger partial charge in [0.15, 0.2) is 0 Å². The molecule has 0 aromatic rings. The molecule has 4 unspecified atom stereocenters. The van der Waals surface area contributed by atoms with Crippen molar-refractivity contribution in [2.45, 2.75) is 208 Å². The Hall–Kier alpha value is -1.05. The molecule has 2 nitrogen and oxygen atoms in total. The zero-order valence-corrected chi connectivity index (χ0v) is 32.3. The van der Waals surface area contributed by atoms with E-state index in [0.717, 1.165) is 61.2 Å². The van der Waals surface area contributed by atoms with E-state index in [-0.39, 0.29) is 12.1 Å². The quantitative estimate of drug-likeness (QED) is 0.0534. The van der Waals surface area contributed by atoms with Crippen LogP contribution < -0.4 is 0 Å². The molecule has 3 fully saturated rings. The summed E-state index contributed by atoms with van der Waals surface area (Å²) in [6.45, 7) is 14.9. The van der Waals surface area contributed by atoms with Gasteiger partial charge in [0.25, 0.3) is 0 Å². The minimum Gasteiger partial charge on any atom is -0.462 e. The Labute approximate surface area is 293 Å². The average Bonchev–Trinajstić information content (AvgIpc) is 3.40. The molecule has 0 amide bonds. The lowest BCUT2D eigenvalue weighted by atomic mass is 9.47. The summed E-state index contributed by atoms with van der Waals surface area (Å²) >= 11 is 0. The molecule has 4 aliphatic rings. The van der Waals surface area contributed by atoms with E-state index in [0.29, 0.717) is 17.3 Å². The summed E-state index contributed by atoms with van der Waals surface area (Å²) in [5.41, 5.74) is 2.53. The van der Waals surface area contributed by atoms with Gasteiger partial charge < -0.3 is 4.74 Å². The maximum Gasteiger partial charge on any atom is 0.306 e. The minimum atomic E-state index is 0.0541. The van der Waals surface area contributed by atoms with Gasteiger partial charge in [0.2, 0.25) is 0 Å². The Morgan fingerprint density at radius 2 is 1.49 bits per heavy atom. The van der Waals surface area contributed by atoms with Crippen LogP contribution in [0, 0.1) is 46.3 Å². The molecule has 0 radical (unpaired) electrons. The van der Waals surface area contributed by atoms with Crippen LogP contribution in [-0.2, 0) is 9.53 Å². The largest absolute Gasteiger partial charge is 0.462 e. The topological polar surface area (TPSA) is 26.3 Å². The number of rotatable bonds is 21. The number of hydrogen-bond acceptors (Lipinski definition) is 2. The highest BCUT2D eigenvalue weighted by Crippen LogP contribution is 2.67. The molecule has 0 N–H and O–H groups in total. The van der Waals surface area contributed by atoms with Crippen LogP contribution in [0.5, 0.6) is 0 Å². The molecule has 0 saturated heterocycles. The Kier molecular flexibility index (Phi) is 16.0. The van der Waals surface area contributed by atoms with E-state index in [9.17, 15) is 4.79 Å². The fraction of sp³-hybridized carbons (Fsp3) is 0.889. The molecule has 47 heavy (non-hydrogen) atoms. The Balaban J connectivity index is 1.12. The molecule has 0 spiro atoms. The van der Waals surface area contributed by atoms with Crippen molar-refractivity contribution in [2.75, 3.05) is 0 Å². The molecule has 0 aromatic carbocycles. The number of carbonyl (C=O) groups excluding carboxylic acids is 1. The van der Waals surface area contributed by atoms with E-state index in [2.05, 4.69) is 59.8 Å². The lowest BCUT2D eigenvalue weighted by Gasteiger charge is -2.58. The van der Waals surface area contributed by atoms with Crippen LogP contribution in [0.25, 0.3) is 0 Å². The van der Waals surface area contributed by atoms with E-state index in [4.69, 9.17) is 4.74 Å². The molecule has 2 heteroatoms. The Morgan fingerprint density at radius 3 is 2.19 bits per heavy atom. The third kappa shape index (κ3) is 10.7. The van der Waals surface area contributed by atoms with Crippen molar-refractivity contribution in [3.05, 3.63) is 23.8 Å². The molecule has 0 heterocycles. The van der Waals surface area contributed by atoms with E-state index < -0.39 is 0 Å². The maximum absolute atomic E-state index is 12.8. The van der Waals surface area contributed by atoms with Crippen molar-refractivity contribution in [3.63, 3.8) is 0 Å². The first-order valence-corrected chi connectivity index (χ1v) is 21.2. The van der Waals surface area contributed by atoms with Crippen LogP contribution >= 0.6 is 0 Å². The van der Waals surface area contributed by atoms with Crippen molar-refractivity contribution in [3.8, 4) is 0 Å². The minimum absolute atomic E-state index is 0.0541. The van der Waals surface area contributed by atoms with Gasteiger partial charge in [0, 0.05) is 12.8 Å². The number of unbranched alkanes of at least 4 members (excludes halogenated alkanes) is 11. The van der Waals surface area contributed by atoms with Crippen LogP contribution in [0.3, 0.4) is 0 Å². The fourth-order valence-electron chi connectivity index (χ4n) is 11.3. The molecule has 0 bridgehead atoms. The first kappa shape index (κ1) is 38.7. The molecule has 0 aromatic heterocycles. The molecule has 270 valence electrons. The van der Waals surface area contributed by atoms with Crippen molar-refractivity contribution in [1.29, 1.82) is 0 Å². The standard InChI is InChI=1S/C45H78O2/c1-7-8-9-10-11-12-13-14-15-16-17-18-19-20-21-25-43(46)47-38-30-32-44(5)37(34-38)26-27-39-41-29-28-40(36(4)24-22-23-35(2)3)45(41,6)33-31-42(39)44/h14-15,26,35-36,38-42H,7-13,16-25,27-34H2,1-6H3/t36-,38?,39?,40-,41?,42?,44+,45-/m1/s1/i38+1. The van der Waals surface area contributed by atoms with Crippen molar-refractivity contribution in [2.24, 2.45) is 46.3 Å². The first-order chi connectivity index (χ1) is 22.7. The van der Waals surface area contributed by atoms with Crippen molar-refractivity contribution < 1.29 is 9.53 Å². The highest BCUT2D eigenvalue weighted by atomic mass is 16.6. The van der Waals surface area contributed by atoms with Gasteiger partial charge >= 0.3 is 5.97 Å². The molecule has 0 aliphatic heterocycles. The molecular formula is C45H78O2. The number of esters is 1. The molecule has 4 rings (SSSR count). The van der Waals surface area contributed by atoms with Gasteiger partial charge in [-0.15, -0.1) is 0 Å². The predicted molar refractivity (Wildman–Crippen MR) is 202 cm³/mol. The highest BCUT2D eigenvalue weighted by Gasteiger charge is 2.59. The number of fused-ring (bicyclic) bond motifs is 5. The second kappa shape index (κ2) is 19.4. The zero-order valence-electron chi connectivity index (χ0n) is 32.3. The average molecular weight is 652 g/mol. The van der Waals surface area contributed by atoms with Crippen molar-refractivity contribution in [1.82, 2.24) is 0 Å². The second-order valence-corrected chi connectivity index (χ2v) is 18.0. The van der Waals surface area contributed by atoms with Crippen LogP contribution in [0.2, 0.25) is 0 Å². The summed E-state index contributed by atoms with van der Waals surface area (Å²) in [4.78, 5) is 12.8. The summed E-state index contributed by atoms with van der Waals surface area (Å²) in [5, 5.41) is 0. The monoisotopic (exact) mass is 652 g/mol. The summed E-state index contributed by atoms with van der Waals surface area (Å²) in [5.74, 6) is 5.31. The van der Waals surface area contributed by atoms with Gasteiger partial charge in [-0.2, -0.15) is 0 Å². The summed E-state index contributed by atoms with van der Waals surface area (Å²) in [6, 6.07) is 0. The maximum atomic E-state index is 12.8. The number of carbonyl (C=O) groups is 1. The molecule has 3 saturated carbocycles. The smallest absolute Gasteiger partial charge is 0.306 e. The fourth-order valence-corrected chi connectivity index (χ4v) is 11.3. The van der Waals surface area contributed by atoms with Gasteiger partial charge in [0.1, 0.15) is 6.10 Å². The van der Waals surface area contributed by atoms with Crippen molar-refractivity contribution >= 4 is 5.97 Å².